The van der Waals surface area contributed by atoms with E-state index in [1.165, 1.54) is 0 Å². The Labute approximate surface area is 96.0 Å². The molecule has 7 heteroatoms. The van der Waals surface area contributed by atoms with E-state index >= 15 is 0 Å². The number of alkyl halides is 2. The number of benzene rings is 1. The van der Waals surface area contributed by atoms with Gasteiger partial charge in [0.2, 0.25) is 0 Å². The Morgan fingerprint density at radius 2 is 1.94 bits per heavy atom. The highest BCUT2D eigenvalue weighted by Crippen LogP contribution is 2.27. The summed E-state index contributed by atoms with van der Waals surface area (Å²) in [6.07, 6.45) is -1.53. The van der Waals surface area contributed by atoms with Crippen molar-refractivity contribution < 1.29 is 27.5 Å². The van der Waals surface area contributed by atoms with Gasteiger partial charge in [0.15, 0.2) is 0 Å². The van der Waals surface area contributed by atoms with Crippen LogP contribution in [0.25, 0.3) is 0 Å². The third-order valence-corrected chi connectivity index (χ3v) is 2.46. The molecule has 0 aliphatic carbocycles. The summed E-state index contributed by atoms with van der Waals surface area (Å²) in [6, 6.07) is 1.79. The molecule has 0 aliphatic heterocycles. The number of carboxylic acid groups (broad SMARTS) is 1. The van der Waals surface area contributed by atoms with Crippen LogP contribution < -0.4 is 0 Å². The van der Waals surface area contributed by atoms with Crippen LogP contribution in [0, 0.1) is 11.6 Å². The van der Waals surface area contributed by atoms with Crippen LogP contribution in [-0.2, 0) is 11.2 Å². The lowest BCUT2D eigenvalue weighted by molar-refractivity contribution is -0.164. The van der Waals surface area contributed by atoms with Gasteiger partial charge in [0, 0.05) is 5.56 Å². The molecule has 0 saturated heterocycles. The highest BCUT2D eigenvalue weighted by molar-refractivity contribution is 9.10. The molecule has 1 rings (SSSR count). The largest absolute Gasteiger partial charge is 0.477 e. The van der Waals surface area contributed by atoms with E-state index in [9.17, 15) is 22.4 Å². The predicted octanol–water partition coefficient (Wildman–Crippen LogP) is 2.99. The molecule has 0 atom stereocenters. The van der Waals surface area contributed by atoms with Crippen molar-refractivity contribution in [2.24, 2.45) is 0 Å². The first-order valence-electron chi connectivity index (χ1n) is 3.99. The minimum atomic E-state index is -4.21. The van der Waals surface area contributed by atoms with Crippen LogP contribution in [0.5, 0.6) is 0 Å². The molecule has 0 spiro atoms. The summed E-state index contributed by atoms with van der Waals surface area (Å²) in [5.74, 6) is -9.06. The molecule has 0 aromatic heterocycles. The van der Waals surface area contributed by atoms with Crippen molar-refractivity contribution in [1.82, 2.24) is 0 Å². The standard InChI is InChI=1S/C9H5BrF4O2/c10-5-1-2-6(11)4(7(5)12)3-9(13,14)8(15)16/h1-2H,3H2,(H,15,16). The van der Waals surface area contributed by atoms with E-state index in [1.54, 1.807) is 0 Å². The molecule has 1 aromatic carbocycles. The second-order valence-electron chi connectivity index (χ2n) is 3.01. The average Bonchev–Trinajstić information content (AvgIpc) is 2.18. The molecule has 88 valence electrons. The first-order valence-corrected chi connectivity index (χ1v) is 4.78. The maximum absolute atomic E-state index is 13.2. The average molecular weight is 301 g/mol. The second kappa shape index (κ2) is 4.40. The van der Waals surface area contributed by atoms with Gasteiger partial charge in [-0.1, -0.05) is 0 Å². The van der Waals surface area contributed by atoms with Crippen molar-refractivity contribution in [2.45, 2.75) is 12.3 Å². The fourth-order valence-electron chi connectivity index (χ4n) is 1.03. The van der Waals surface area contributed by atoms with Gasteiger partial charge in [-0.15, -0.1) is 0 Å². The maximum atomic E-state index is 13.2. The summed E-state index contributed by atoms with van der Waals surface area (Å²) in [7, 11) is 0. The van der Waals surface area contributed by atoms with E-state index in [-0.39, 0.29) is 4.47 Å². The molecule has 0 radical (unpaired) electrons. The molecule has 2 nitrogen and oxygen atoms in total. The van der Waals surface area contributed by atoms with Crippen molar-refractivity contribution in [3.05, 3.63) is 33.8 Å². The number of aliphatic carboxylic acids is 1. The Morgan fingerprint density at radius 1 is 1.38 bits per heavy atom. The zero-order valence-electron chi connectivity index (χ0n) is 7.61. The first kappa shape index (κ1) is 13.0. The van der Waals surface area contributed by atoms with Gasteiger partial charge < -0.3 is 5.11 Å². The summed E-state index contributed by atoms with van der Waals surface area (Å²) < 4.78 is 51.6. The third kappa shape index (κ3) is 2.52. The SMILES string of the molecule is O=C(O)C(F)(F)Cc1c(F)ccc(Br)c1F. The molecular formula is C9H5BrF4O2. The van der Waals surface area contributed by atoms with Gasteiger partial charge in [-0.25, -0.2) is 13.6 Å². The fraction of sp³-hybridized carbons (Fsp3) is 0.222. The molecule has 1 aromatic rings. The summed E-state index contributed by atoms with van der Waals surface area (Å²) in [4.78, 5) is 10.1. The zero-order chi connectivity index (χ0) is 12.5. The first-order chi connectivity index (χ1) is 7.25. The number of carbonyl (C=O) groups is 1. The van der Waals surface area contributed by atoms with Gasteiger partial charge >= 0.3 is 11.9 Å². The number of hydrogen-bond donors (Lipinski definition) is 1. The van der Waals surface area contributed by atoms with Crippen molar-refractivity contribution in [1.29, 1.82) is 0 Å². The van der Waals surface area contributed by atoms with Crippen molar-refractivity contribution in [3.63, 3.8) is 0 Å². The highest BCUT2D eigenvalue weighted by atomic mass is 79.9. The Hall–Kier alpha value is -1.11. The number of hydrogen-bond acceptors (Lipinski definition) is 1. The lowest BCUT2D eigenvalue weighted by Gasteiger charge is -2.12. The van der Waals surface area contributed by atoms with Crippen LogP contribution in [0.1, 0.15) is 5.56 Å². The van der Waals surface area contributed by atoms with Crippen molar-refractivity contribution in [3.8, 4) is 0 Å². The van der Waals surface area contributed by atoms with Crippen LogP contribution in [-0.4, -0.2) is 17.0 Å². The molecule has 0 amide bonds. The second-order valence-corrected chi connectivity index (χ2v) is 3.86. The normalized spacial score (nSPS) is 11.6. The van der Waals surface area contributed by atoms with E-state index in [4.69, 9.17) is 5.11 Å². The molecular weight excluding hydrogens is 296 g/mol. The molecule has 0 saturated carbocycles. The Kier molecular flexibility index (Phi) is 3.57. The number of rotatable bonds is 3. The summed E-state index contributed by atoms with van der Waals surface area (Å²) in [6.45, 7) is 0. The van der Waals surface area contributed by atoms with Gasteiger partial charge in [0.1, 0.15) is 11.6 Å². The summed E-state index contributed by atoms with van der Waals surface area (Å²) >= 11 is 2.69. The lowest BCUT2D eigenvalue weighted by atomic mass is 10.1. The molecule has 1 N–H and O–H groups in total. The van der Waals surface area contributed by atoms with Crippen LogP contribution in [0.3, 0.4) is 0 Å². The maximum Gasteiger partial charge on any atom is 0.374 e. The molecule has 0 unspecified atom stereocenters. The summed E-state index contributed by atoms with van der Waals surface area (Å²) in [5, 5.41) is 8.15. The highest BCUT2D eigenvalue weighted by Gasteiger charge is 2.40. The smallest absolute Gasteiger partial charge is 0.374 e. The fourth-order valence-corrected chi connectivity index (χ4v) is 1.40. The minimum absolute atomic E-state index is 0.204. The number of halogens is 5. The Bertz CT molecular complexity index is 434. The topological polar surface area (TPSA) is 37.3 Å². The van der Waals surface area contributed by atoms with Crippen LogP contribution in [0.2, 0.25) is 0 Å². The van der Waals surface area contributed by atoms with E-state index in [0.717, 1.165) is 12.1 Å². The Balaban J connectivity index is 3.15. The van der Waals surface area contributed by atoms with Gasteiger partial charge in [-0.3, -0.25) is 0 Å². The van der Waals surface area contributed by atoms with Crippen LogP contribution in [0.4, 0.5) is 17.6 Å². The van der Waals surface area contributed by atoms with Crippen LogP contribution in [0.15, 0.2) is 16.6 Å². The molecule has 16 heavy (non-hydrogen) atoms. The van der Waals surface area contributed by atoms with Crippen LogP contribution >= 0.6 is 15.9 Å². The van der Waals surface area contributed by atoms with E-state index < -0.39 is 35.5 Å². The molecule has 0 bridgehead atoms. The van der Waals surface area contributed by atoms with E-state index in [1.807, 2.05) is 0 Å². The van der Waals surface area contributed by atoms with E-state index in [0.29, 0.717) is 0 Å². The van der Waals surface area contributed by atoms with Gasteiger partial charge in [-0.2, -0.15) is 8.78 Å². The van der Waals surface area contributed by atoms with Gasteiger partial charge in [-0.05, 0) is 28.1 Å². The summed E-state index contributed by atoms with van der Waals surface area (Å²) in [5.41, 5.74) is -0.957. The van der Waals surface area contributed by atoms with Crippen molar-refractivity contribution in [2.75, 3.05) is 0 Å². The van der Waals surface area contributed by atoms with Gasteiger partial charge in [0.25, 0.3) is 0 Å². The van der Waals surface area contributed by atoms with Crippen molar-refractivity contribution >= 4 is 21.9 Å². The van der Waals surface area contributed by atoms with Gasteiger partial charge in [0.05, 0.1) is 10.9 Å². The predicted molar refractivity (Wildman–Crippen MR) is 50.3 cm³/mol. The molecule has 0 fully saturated rings. The Morgan fingerprint density at radius 3 is 2.44 bits per heavy atom. The van der Waals surface area contributed by atoms with E-state index in [2.05, 4.69) is 15.9 Å². The molecule has 0 aliphatic rings. The zero-order valence-corrected chi connectivity index (χ0v) is 9.19. The third-order valence-electron chi connectivity index (χ3n) is 1.85. The quantitative estimate of drug-likeness (QED) is 0.688. The monoisotopic (exact) mass is 300 g/mol. The minimum Gasteiger partial charge on any atom is -0.477 e. The number of carboxylic acids is 1. The molecule has 0 heterocycles. The lowest BCUT2D eigenvalue weighted by Crippen LogP contribution is -2.31.